The number of amides is 1. The van der Waals surface area contributed by atoms with Crippen LogP contribution >= 0.6 is 0 Å². The van der Waals surface area contributed by atoms with E-state index in [0.717, 1.165) is 12.8 Å². The standard InChI is InChI=1S/C19H24N2O3/c1-3-4-10-17(22)21-18(19(23)24-14-13-20)15(2)11-12-16-8-6-5-7-9-16/h3,5-9,15,18H,1,4,10-12,14H2,2H3,(H,21,22)/t15-,18-/m0/s1. The summed E-state index contributed by atoms with van der Waals surface area (Å²) in [6.45, 7) is 5.16. The van der Waals surface area contributed by atoms with Gasteiger partial charge in [0, 0.05) is 6.42 Å². The van der Waals surface area contributed by atoms with E-state index in [2.05, 4.69) is 11.9 Å². The Balaban J connectivity index is 2.67. The van der Waals surface area contributed by atoms with Crippen molar-refractivity contribution in [2.24, 2.45) is 5.92 Å². The number of hydrogen-bond acceptors (Lipinski definition) is 4. The number of nitriles is 1. The summed E-state index contributed by atoms with van der Waals surface area (Å²) in [5, 5.41) is 11.3. The Labute approximate surface area is 143 Å². The third kappa shape index (κ3) is 7.10. The number of ether oxygens (including phenoxy) is 1. The van der Waals surface area contributed by atoms with Crippen LogP contribution in [0.3, 0.4) is 0 Å². The van der Waals surface area contributed by atoms with Crippen LogP contribution in [0.5, 0.6) is 0 Å². The SMILES string of the molecule is C=CCCC(=O)N[C@H](C(=O)OCC#N)[C@@H](C)CCc1ccccc1. The Morgan fingerprint density at radius 3 is 2.71 bits per heavy atom. The smallest absolute Gasteiger partial charge is 0.329 e. The van der Waals surface area contributed by atoms with Gasteiger partial charge in [0.25, 0.3) is 0 Å². The molecule has 0 fully saturated rings. The molecule has 2 atom stereocenters. The van der Waals surface area contributed by atoms with Gasteiger partial charge >= 0.3 is 5.97 Å². The number of carbonyl (C=O) groups excluding carboxylic acids is 2. The lowest BCUT2D eigenvalue weighted by molar-refractivity contribution is -0.148. The first kappa shape index (κ1) is 19.4. The molecule has 5 heteroatoms. The molecule has 1 rings (SSSR count). The van der Waals surface area contributed by atoms with Crippen molar-refractivity contribution in [3.05, 3.63) is 48.6 Å². The van der Waals surface area contributed by atoms with Crippen LogP contribution in [0.25, 0.3) is 0 Å². The normalized spacial score (nSPS) is 12.5. The van der Waals surface area contributed by atoms with Crippen LogP contribution in [0.4, 0.5) is 0 Å². The summed E-state index contributed by atoms with van der Waals surface area (Å²) in [5.74, 6) is -0.895. The summed E-state index contributed by atoms with van der Waals surface area (Å²) >= 11 is 0. The van der Waals surface area contributed by atoms with Gasteiger partial charge in [0.15, 0.2) is 6.61 Å². The van der Waals surface area contributed by atoms with Crippen molar-refractivity contribution in [1.29, 1.82) is 5.26 Å². The van der Waals surface area contributed by atoms with Crippen molar-refractivity contribution in [2.45, 2.75) is 38.6 Å². The van der Waals surface area contributed by atoms with Crippen molar-refractivity contribution in [1.82, 2.24) is 5.32 Å². The molecule has 0 radical (unpaired) electrons. The second-order valence-electron chi connectivity index (χ2n) is 5.64. The van der Waals surface area contributed by atoms with E-state index < -0.39 is 12.0 Å². The van der Waals surface area contributed by atoms with E-state index in [-0.39, 0.29) is 24.9 Å². The highest BCUT2D eigenvalue weighted by Crippen LogP contribution is 2.15. The second kappa shape index (κ2) is 11.0. The molecule has 1 N–H and O–H groups in total. The zero-order chi connectivity index (χ0) is 17.8. The topological polar surface area (TPSA) is 79.2 Å². The highest BCUT2D eigenvalue weighted by atomic mass is 16.5. The first-order valence-electron chi connectivity index (χ1n) is 8.06. The van der Waals surface area contributed by atoms with Crippen LogP contribution in [-0.4, -0.2) is 24.5 Å². The van der Waals surface area contributed by atoms with Crippen molar-refractivity contribution in [3.63, 3.8) is 0 Å². The average Bonchev–Trinajstić information content (AvgIpc) is 2.61. The summed E-state index contributed by atoms with van der Waals surface area (Å²) < 4.78 is 4.90. The molecule has 0 spiro atoms. The number of allylic oxidation sites excluding steroid dienone is 1. The van der Waals surface area contributed by atoms with Crippen LogP contribution in [0.1, 0.15) is 31.7 Å². The third-order valence-electron chi connectivity index (χ3n) is 3.73. The van der Waals surface area contributed by atoms with Gasteiger partial charge in [-0.2, -0.15) is 5.26 Å². The minimum absolute atomic E-state index is 0.107. The Morgan fingerprint density at radius 1 is 1.38 bits per heavy atom. The quantitative estimate of drug-likeness (QED) is 0.529. The molecule has 1 amide bonds. The molecule has 1 aromatic carbocycles. The van der Waals surface area contributed by atoms with Crippen molar-refractivity contribution >= 4 is 11.9 Å². The van der Waals surface area contributed by atoms with Crippen molar-refractivity contribution in [2.75, 3.05) is 6.61 Å². The third-order valence-corrected chi connectivity index (χ3v) is 3.73. The second-order valence-corrected chi connectivity index (χ2v) is 5.64. The Bertz CT molecular complexity index is 578. The van der Waals surface area contributed by atoms with E-state index >= 15 is 0 Å². The molecule has 24 heavy (non-hydrogen) atoms. The van der Waals surface area contributed by atoms with E-state index in [4.69, 9.17) is 10.00 Å². The first-order valence-corrected chi connectivity index (χ1v) is 8.06. The van der Waals surface area contributed by atoms with Gasteiger partial charge in [-0.05, 0) is 30.7 Å². The van der Waals surface area contributed by atoms with E-state index in [0.29, 0.717) is 6.42 Å². The van der Waals surface area contributed by atoms with E-state index in [1.54, 1.807) is 12.1 Å². The number of rotatable bonds is 10. The minimum atomic E-state index is -0.751. The summed E-state index contributed by atoms with van der Waals surface area (Å²) in [6, 6.07) is 11.0. The zero-order valence-electron chi connectivity index (χ0n) is 14.0. The van der Waals surface area contributed by atoms with Gasteiger partial charge < -0.3 is 10.1 Å². The fourth-order valence-corrected chi connectivity index (χ4v) is 2.31. The van der Waals surface area contributed by atoms with Crippen molar-refractivity contribution < 1.29 is 14.3 Å². The Morgan fingerprint density at radius 2 is 2.08 bits per heavy atom. The molecule has 0 saturated carbocycles. The summed E-state index contributed by atoms with van der Waals surface area (Å²) in [4.78, 5) is 24.1. The van der Waals surface area contributed by atoms with Gasteiger partial charge in [0.1, 0.15) is 12.1 Å². The predicted octanol–water partition coefficient (Wildman–Crippen LogP) is 2.77. The molecule has 0 aliphatic heterocycles. The number of carbonyl (C=O) groups is 2. The number of hydrogen-bond donors (Lipinski definition) is 1. The molecule has 0 aliphatic rings. The average molecular weight is 328 g/mol. The molecule has 128 valence electrons. The van der Waals surface area contributed by atoms with Gasteiger partial charge in [-0.15, -0.1) is 6.58 Å². The molecular weight excluding hydrogens is 304 g/mol. The van der Waals surface area contributed by atoms with Crippen molar-refractivity contribution in [3.8, 4) is 6.07 Å². The molecule has 1 aromatic rings. The van der Waals surface area contributed by atoms with Crippen LogP contribution in [-0.2, 0) is 20.7 Å². The molecule has 0 heterocycles. The maximum Gasteiger partial charge on any atom is 0.329 e. The van der Waals surface area contributed by atoms with Gasteiger partial charge in [-0.1, -0.05) is 43.3 Å². The number of esters is 1. The van der Waals surface area contributed by atoms with Gasteiger partial charge in [0.05, 0.1) is 0 Å². The maximum atomic E-state index is 12.2. The first-order chi connectivity index (χ1) is 11.6. The van der Waals surface area contributed by atoms with Gasteiger partial charge in [-0.25, -0.2) is 4.79 Å². The number of aryl methyl sites for hydroxylation is 1. The number of nitrogens with zero attached hydrogens (tertiary/aromatic N) is 1. The zero-order valence-corrected chi connectivity index (χ0v) is 14.0. The minimum Gasteiger partial charge on any atom is -0.449 e. The van der Waals surface area contributed by atoms with E-state index in [1.807, 2.05) is 37.3 Å². The number of benzene rings is 1. The van der Waals surface area contributed by atoms with Gasteiger partial charge in [0.2, 0.25) is 5.91 Å². The highest BCUT2D eigenvalue weighted by Gasteiger charge is 2.28. The molecule has 0 unspecified atom stereocenters. The molecule has 0 aromatic heterocycles. The van der Waals surface area contributed by atoms with E-state index in [1.165, 1.54) is 5.56 Å². The summed E-state index contributed by atoms with van der Waals surface area (Å²) in [5.41, 5.74) is 1.17. The fourth-order valence-electron chi connectivity index (χ4n) is 2.31. The molecule has 0 bridgehead atoms. The summed E-state index contributed by atoms with van der Waals surface area (Å²) in [6.07, 6.45) is 3.99. The Kier molecular flexibility index (Phi) is 8.91. The lowest BCUT2D eigenvalue weighted by atomic mass is 9.94. The highest BCUT2D eigenvalue weighted by molar-refractivity contribution is 5.84. The largest absolute Gasteiger partial charge is 0.449 e. The predicted molar refractivity (Wildman–Crippen MR) is 91.9 cm³/mol. The fraction of sp³-hybridized carbons (Fsp3) is 0.421. The lowest BCUT2D eigenvalue weighted by Gasteiger charge is -2.23. The number of nitrogens with one attached hydrogen (secondary N) is 1. The summed E-state index contributed by atoms with van der Waals surface area (Å²) in [7, 11) is 0. The molecule has 0 saturated heterocycles. The monoisotopic (exact) mass is 328 g/mol. The van der Waals surface area contributed by atoms with Gasteiger partial charge in [-0.3, -0.25) is 4.79 Å². The maximum absolute atomic E-state index is 12.2. The molecule has 0 aliphatic carbocycles. The van der Waals surface area contributed by atoms with Crippen LogP contribution in [0, 0.1) is 17.2 Å². The Hall–Kier alpha value is -2.61. The van der Waals surface area contributed by atoms with Crippen LogP contribution < -0.4 is 5.32 Å². The van der Waals surface area contributed by atoms with Crippen LogP contribution in [0.2, 0.25) is 0 Å². The lowest BCUT2D eigenvalue weighted by Crippen LogP contribution is -2.46. The molecular formula is C19H24N2O3. The molecule has 5 nitrogen and oxygen atoms in total. The van der Waals surface area contributed by atoms with Crippen LogP contribution in [0.15, 0.2) is 43.0 Å². The van der Waals surface area contributed by atoms with E-state index in [9.17, 15) is 9.59 Å².